The second-order valence-electron chi connectivity index (χ2n) is 5.25. The van der Waals surface area contributed by atoms with Gasteiger partial charge in [0, 0.05) is 22.7 Å². The molecule has 0 bridgehead atoms. The summed E-state index contributed by atoms with van der Waals surface area (Å²) in [6, 6.07) is 15.9. The van der Waals surface area contributed by atoms with Crippen LogP contribution in [0, 0.1) is 6.92 Å². The molecule has 2 N–H and O–H groups in total. The normalized spacial score (nSPS) is 11.1. The number of hydrogen-bond acceptors (Lipinski definition) is 2. The Morgan fingerprint density at radius 1 is 1.18 bits per heavy atom. The van der Waals surface area contributed by atoms with Gasteiger partial charge < -0.3 is 4.98 Å². The molecule has 1 heterocycles. The highest BCUT2D eigenvalue weighted by Gasteiger charge is 2.02. The van der Waals surface area contributed by atoms with Crippen molar-refractivity contribution in [1.82, 2.24) is 10.4 Å². The number of aryl methyl sites for hydroxylation is 1. The summed E-state index contributed by atoms with van der Waals surface area (Å²) in [4.78, 5) is 15.0. The predicted molar refractivity (Wildman–Crippen MR) is 88.9 cm³/mol. The summed E-state index contributed by atoms with van der Waals surface area (Å²) in [5.41, 5.74) is 6.73. The van der Waals surface area contributed by atoms with Gasteiger partial charge >= 0.3 is 0 Å². The van der Waals surface area contributed by atoms with Gasteiger partial charge in [0.25, 0.3) is 0 Å². The number of aromatic amines is 1. The molecule has 0 aliphatic rings. The van der Waals surface area contributed by atoms with Crippen molar-refractivity contribution in [3.63, 3.8) is 0 Å². The van der Waals surface area contributed by atoms with E-state index in [9.17, 15) is 4.79 Å². The van der Waals surface area contributed by atoms with Crippen LogP contribution < -0.4 is 5.43 Å². The Morgan fingerprint density at radius 2 is 1.95 bits per heavy atom. The molecule has 22 heavy (non-hydrogen) atoms. The number of nitrogens with one attached hydrogen (secondary N) is 2. The van der Waals surface area contributed by atoms with Crippen LogP contribution in [0.1, 0.15) is 16.7 Å². The Bertz CT molecular complexity index is 816. The van der Waals surface area contributed by atoms with Gasteiger partial charge in [0.05, 0.1) is 12.6 Å². The lowest BCUT2D eigenvalue weighted by Crippen LogP contribution is -2.19. The number of nitrogens with zero attached hydrogens (tertiary/aromatic N) is 1. The fourth-order valence-electron chi connectivity index (χ4n) is 2.31. The van der Waals surface area contributed by atoms with E-state index in [2.05, 4.69) is 15.5 Å². The first-order valence-electron chi connectivity index (χ1n) is 7.16. The highest BCUT2D eigenvalue weighted by atomic mass is 16.2. The lowest BCUT2D eigenvalue weighted by molar-refractivity contribution is -0.120. The Hall–Kier alpha value is -2.88. The summed E-state index contributed by atoms with van der Waals surface area (Å²) in [6.45, 7) is 2.02. The van der Waals surface area contributed by atoms with Crippen molar-refractivity contribution in [1.29, 1.82) is 0 Å². The maximum Gasteiger partial charge on any atom is 0.244 e. The van der Waals surface area contributed by atoms with Gasteiger partial charge in [-0.3, -0.25) is 4.79 Å². The summed E-state index contributed by atoms with van der Waals surface area (Å²) in [5.74, 6) is -0.125. The van der Waals surface area contributed by atoms with Crippen molar-refractivity contribution < 1.29 is 4.79 Å². The van der Waals surface area contributed by atoms with Crippen LogP contribution >= 0.6 is 0 Å². The molecule has 110 valence electrons. The van der Waals surface area contributed by atoms with Gasteiger partial charge in [-0.2, -0.15) is 5.10 Å². The summed E-state index contributed by atoms with van der Waals surface area (Å²) in [6.07, 6.45) is 3.86. The third-order valence-corrected chi connectivity index (χ3v) is 3.50. The van der Waals surface area contributed by atoms with Crippen molar-refractivity contribution in [2.24, 2.45) is 5.10 Å². The number of carbonyl (C=O) groups is 1. The summed E-state index contributed by atoms with van der Waals surface area (Å²) in [7, 11) is 0. The molecule has 1 aromatic heterocycles. The number of hydrogen-bond donors (Lipinski definition) is 2. The van der Waals surface area contributed by atoms with Crippen LogP contribution in [0.15, 0.2) is 59.8 Å². The molecule has 0 saturated carbocycles. The lowest BCUT2D eigenvalue weighted by atomic mass is 10.1. The fourth-order valence-corrected chi connectivity index (χ4v) is 2.31. The molecule has 4 nitrogen and oxygen atoms in total. The van der Waals surface area contributed by atoms with Gasteiger partial charge in [-0.25, -0.2) is 5.43 Å². The van der Waals surface area contributed by atoms with E-state index in [4.69, 9.17) is 0 Å². The molecule has 0 saturated heterocycles. The second kappa shape index (κ2) is 6.26. The molecule has 0 spiro atoms. The van der Waals surface area contributed by atoms with Crippen LogP contribution in [0.25, 0.3) is 10.9 Å². The van der Waals surface area contributed by atoms with Gasteiger partial charge in [-0.15, -0.1) is 0 Å². The van der Waals surface area contributed by atoms with Crippen LogP contribution in [-0.4, -0.2) is 17.1 Å². The van der Waals surface area contributed by atoms with Gasteiger partial charge in [0.2, 0.25) is 5.91 Å². The van der Waals surface area contributed by atoms with E-state index in [0.717, 1.165) is 22.0 Å². The van der Waals surface area contributed by atoms with Gasteiger partial charge in [0.1, 0.15) is 0 Å². The highest BCUT2D eigenvalue weighted by Crippen LogP contribution is 2.15. The third-order valence-electron chi connectivity index (χ3n) is 3.50. The topological polar surface area (TPSA) is 57.2 Å². The Kier molecular flexibility index (Phi) is 4.01. The van der Waals surface area contributed by atoms with E-state index in [0.29, 0.717) is 6.42 Å². The fraction of sp³-hybridized carbons (Fsp3) is 0.111. The minimum Gasteiger partial charge on any atom is -0.361 e. The zero-order valence-electron chi connectivity index (χ0n) is 12.3. The molecule has 0 atom stereocenters. The quantitative estimate of drug-likeness (QED) is 0.563. The number of amides is 1. The molecule has 3 rings (SSSR count). The number of para-hydroxylation sites is 1. The summed E-state index contributed by atoms with van der Waals surface area (Å²) < 4.78 is 0. The monoisotopic (exact) mass is 291 g/mol. The van der Waals surface area contributed by atoms with Crippen molar-refractivity contribution >= 4 is 23.0 Å². The van der Waals surface area contributed by atoms with Crippen molar-refractivity contribution in [2.75, 3.05) is 0 Å². The molecule has 2 aromatic carbocycles. The van der Waals surface area contributed by atoms with Gasteiger partial charge in [0.15, 0.2) is 0 Å². The number of H-pyrrole nitrogens is 1. The van der Waals surface area contributed by atoms with Crippen LogP contribution in [0.5, 0.6) is 0 Å². The average molecular weight is 291 g/mol. The van der Waals surface area contributed by atoms with E-state index < -0.39 is 0 Å². The van der Waals surface area contributed by atoms with E-state index >= 15 is 0 Å². The number of hydrazone groups is 1. The second-order valence-corrected chi connectivity index (χ2v) is 5.25. The zero-order valence-corrected chi connectivity index (χ0v) is 12.3. The molecule has 0 aliphatic carbocycles. The maximum atomic E-state index is 11.9. The van der Waals surface area contributed by atoms with Crippen LogP contribution in [0.4, 0.5) is 0 Å². The van der Waals surface area contributed by atoms with Crippen LogP contribution in [0.3, 0.4) is 0 Å². The predicted octanol–water partition coefficient (Wildman–Crippen LogP) is 3.17. The van der Waals surface area contributed by atoms with Gasteiger partial charge in [-0.1, -0.05) is 48.0 Å². The zero-order chi connectivity index (χ0) is 15.4. The van der Waals surface area contributed by atoms with Crippen molar-refractivity contribution in [2.45, 2.75) is 13.3 Å². The largest absolute Gasteiger partial charge is 0.361 e. The standard InChI is InChI=1S/C18H17N3O/c1-13-6-8-14(9-7-13)10-18(22)21-20-12-15-11-19-17-5-3-2-4-16(15)17/h2-9,11-12,19H,10H2,1H3,(H,21,22)/b20-12-. The average Bonchev–Trinajstić information content (AvgIpc) is 2.93. The number of carbonyl (C=O) groups excluding carboxylic acids is 1. The van der Waals surface area contributed by atoms with E-state index in [1.807, 2.05) is 61.7 Å². The Balaban J connectivity index is 1.62. The van der Waals surface area contributed by atoms with Crippen molar-refractivity contribution in [3.8, 4) is 0 Å². The molecule has 0 aliphatic heterocycles. The molecular weight excluding hydrogens is 274 g/mol. The molecule has 4 heteroatoms. The number of aromatic nitrogens is 1. The van der Waals surface area contributed by atoms with E-state index in [-0.39, 0.29) is 5.91 Å². The number of rotatable bonds is 4. The molecule has 3 aromatic rings. The highest BCUT2D eigenvalue weighted by molar-refractivity contribution is 5.99. The lowest BCUT2D eigenvalue weighted by Gasteiger charge is -2.01. The first kappa shape index (κ1) is 14.1. The summed E-state index contributed by atoms with van der Waals surface area (Å²) in [5, 5.41) is 5.12. The van der Waals surface area contributed by atoms with Gasteiger partial charge in [-0.05, 0) is 18.6 Å². The Labute approximate surface area is 128 Å². The molecule has 0 unspecified atom stereocenters. The molecule has 0 fully saturated rings. The van der Waals surface area contributed by atoms with Crippen molar-refractivity contribution in [3.05, 3.63) is 71.4 Å². The number of fused-ring (bicyclic) bond motifs is 1. The summed E-state index contributed by atoms with van der Waals surface area (Å²) >= 11 is 0. The van der Waals surface area contributed by atoms with Crippen LogP contribution in [-0.2, 0) is 11.2 Å². The van der Waals surface area contributed by atoms with Crippen LogP contribution in [0.2, 0.25) is 0 Å². The number of benzene rings is 2. The third kappa shape index (κ3) is 3.23. The first-order chi connectivity index (χ1) is 10.7. The molecule has 1 amide bonds. The Morgan fingerprint density at radius 3 is 2.77 bits per heavy atom. The maximum absolute atomic E-state index is 11.9. The molecular formula is C18H17N3O. The van der Waals surface area contributed by atoms with E-state index in [1.54, 1.807) is 6.21 Å². The molecule has 0 radical (unpaired) electrons. The van der Waals surface area contributed by atoms with E-state index in [1.165, 1.54) is 5.56 Å². The minimum atomic E-state index is -0.125. The SMILES string of the molecule is Cc1ccc(CC(=O)N/N=C\c2c[nH]c3ccccc23)cc1. The minimum absolute atomic E-state index is 0.125. The smallest absolute Gasteiger partial charge is 0.244 e. The first-order valence-corrected chi connectivity index (χ1v) is 7.16.